The molecule has 1 aliphatic carbocycles. The van der Waals surface area contributed by atoms with Gasteiger partial charge in [0.15, 0.2) is 0 Å². The Morgan fingerprint density at radius 2 is 2.17 bits per heavy atom. The number of aryl methyl sites for hydroxylation is 1. The molecule has 1 aromatic heterocycles. The van der Waals surface area contributed by atoms with Crippen molar-refractivity contribution in [1.29, 1.82) is 0 Å². The molecule has 0 bridgehead atoms. The number of nitrogens with zero attached hydrogens (tertiary/aromatic N) is 1. The Bertz CT molecular complexity index is 598. The van der Waals surface area contributed by atoms with E-state index in [4.69, 9.17) is 0 Å². The van der Waals surface area contributed by atoms with Gasteiger partial charge < -0.3 is 4.90 Å². The first-order valence-corrected chi connectivity index (χ1v) is 7.30. The van der Waals surface area contributed by atoms with Crippen LogP contribution in [0.4, 0.5) is 0 Å². The highest BCUT2D eigenvalue weighted by Gasteiger charge is 2.30. The predicted molar refractivity (Wildman–Crippen MR) is 76.3 cm³/mol. The van der Waals surface area contributed by atoms with Crippen LogP contribution in [-0.4, -0.2) is 23.9 Å². The molecule has 2 nitrogen and oxygen atoms in total. The van der Waals surface area contributed by atoms with Crippen molar-refractivity contribution >= 4 is 27.3 Å². The summed E-state index contributed by atoms with van der Waals surface area (Å²) >= 11 is 1.62. The van der Waals surface area contributed by atoms with Crippen LogP contribution in [0.15, 0.2) is 24.3 Å². The van der Waals surface area contributed by atoms with E-state index in [1.54, 1.807) is 11.3 Å². The van der Waals surface area contributed by atoms with Crippen molar-refractivity contribution in [3.8, 4) is 0 Å². The standard InChI is InChI=1S/C15H17NOS/c1-3-10-4-5-11-9-14(18-13(11)8-10)15(17)16(2)12-6-7-12/h4-5,8-9,12H,3,6-7H2,1-2H3. The van der Waals surface area contributed by atoms with Crippen molar-refractivity contribution < 1.29 is 4.79 Å². The molecule has 1 heterocycles. The van der Waals surface area contributed by atoms with Gasteiger partial charge in [-0.05, 0) is 42.3 Å². The molecule has 3 rings (SSSR count). The highest BCUT2D eigenvalue weighted by Crippen LogP contribution is 2.31. The highest BCUT2D eigenvalue weighted by molar-refractivity contribution is 7.20. The van der Waals surface area contributed by atoms with Gasteiger partial charge in [0, 0.05) is 17.8 Å². The fraction of sp³-hybridized carbons (Fsp3) is 0.400. The summed E-state index contributed by atoms with van der Waals surface area (Å²) in [5, 5.41) is 1.18. The quantitative estimate of drug-likeness (QED) is 0.823. The first-order valence-electron chi connectivity index (χ1n) is 6.48. The van der Waals surface area contributed by atoms with Gasteiger partial charge in [0.25, 0.3) is 5.91 Å². The first-order chi connectivity index (χ1) is 8.69. The molecular formula is C15H17NOS. The van der Waals surface area contributed by atoms with E-state index in [-0.39, 0.29) is 5.91 Å². The Hall–Kier alpha value is -1.35. The van der Waals surface area contributed by atoms with Gasteiger partial charge in [-0.15, -0.1) is 11.3 Å². The van der Waals surface area contributed by atoms with Crippen molar-refractivity contribution in [2.75, 3.05) is 7.05 Å². The second-order valence-electron chi connectivity index (χ2n) is 4.98. The van der Waals surface area contributed by atoms with Gasteiger partial charge in [-0.2, -0.15) is 0 Å². The lowest BCUT2D eigenvalue weighted by atomic mass is 10.1. The summed E-state index contributed by atoms with van der Waals surface area (Å²) in [5.74, 6) is 0.178. The molecule has 0 N–H and O–H groups in total. The molecule has 3 heteroatoms. The average molecular weight is 259 g/mol. The Labute approximate surface area is 111 Å². The molecule has 0 atom stereocenters. The van der Waals surface area contributed by atoms with E-state index in [0.29, 0.717) is 6.04 Å². The predicted octanol–water partition coefficient (Wildman–Crippen LogP) is 3.70. The minimum absolute atomic E-state index is 0.178. The van der Waals surface area contributed by atoms with Gasteiger partial charge in [-0.3, -0.25) is 4.79 Å². The van der Waals surface area contributed by atoms with E-state index >= 15 is 0 Å². The molecule has 2 aromatic rings. The van der Waals surface area contributed by atoms with E-state index in [1.165, 1.54) is 15.6 Å². The zero-order valence-electron chi connectivity index (χ0n) is 10.8. The van der Waals surface area contributed by atoms with Crippen molar-refractivity contribution in [2.24, 2.45) is 0 Å². The van der Waals surface area contributed by atoms with Crippen molar-refractivity contribution in [3.05, 3.63) is 34.7 Å². The number of hydrogen-bond donors (Lipinski definition) is 0. The van der Waals surface area contributed by atoms with Gasteiger partial charge in [0.2, 0.25) is 0 Å². The molecule has 0 radical (unpaired) electrons. The van der Waals surface area contributed by atoms with E-state index in [0.717, 1.165) is 24.1 Å². The lowest BCUT2D eigenvalue weighted by molar-refractivity contribution is 0.0790. The van der Waals surface area contributed by atoms with Gasteiger partial charge in [0.05, 0.1) is 4.88 Å². The van der Waals surface area contributed by atoms with E-state index in [1.807, 2.05) is 18.0 Å². The number of benzene rings is 1. The fourth-order valence-corrected chi connectivity index (χ4v) is 3.31. The molecule has 18 heavy (non-hydrogen) atoms. The summed E-state index contributed by atoms with van der Waals surface area (Å²) in [6.07, 6.45) is 3.36. The van der Waals surface area contributed by atoms with Crippen LogP contribution in [0.5, 0.6) is 0 Å². The summed E-state index contributed by atoms with van der Waals surface area (Å²) in [5.41, 5.74) is 1.33. The van der Waals surface area contributed by atoms with Gasteiger partial charge >= 0.3 is 0 Å². The molecule has 0 spiro atoms. The second kappa shape index (κ2) is 4.39. The van der Waals surface area contributed by atoms with Crippen LogP contribution >= 0.6 is 11.3 Å². The first kappa shape index (κ1) is 11.7. The smallest absolute Gasteiger partial charge is 0.263 e. The summed E-state index contributed by atoms with van der Waals surface area (Å²) in [4.78, 5) is 15.0. The zero-order valence-corrected chi connectivity index (χ0v) is 11.6. The SMILES string of the molecule is CCc1ccc2cc(C(=O)N(C)C3CC3)sc2c1. The van der Waals surface area contributed by atoms with Gasteiger partial charge in [0.1, 0.15) is 0 Å². The Morgan fingerprint density at radius 1 is 1.39 bits per heavy atom. The third-order valence-corrected chi connectivity index (χ3v) is 4.70. The number of carbonyl (C=O) groups is 1. The summed E-state index contributed by atoms with van der Waals surface area (Å²) in [6.45, 7) is 2.15. The molecule has 0 unspecified atom stereocenters. The van der Waals surface area contributed by atoms with Gasteiger partial charge in [-0.1, -0.05) is 19.1 Å². The second-order valence-corrected chi connectivity index (χ2v) is 6.07. The zero-order chi connectivity index (χ0) is 12.7. The van der Waals surface area contributed by atoms with Gasteiger partial charge in [-0.25, -0.2) is 0 Å². The minimum atomic E-state index is 0.178. The van der Waals surface area contributed by atoms with Crippen LogP contribution < -0.4 is 0 Å². The monoisotopic (exact) mass is 259 g/mol. The summed E-state index contributed by atoms with van der Waals surface area (Å²) < 4.78 is 1.22. The molecular weight excluding hydrogens is 242 g/mol. The number of amides is 1. The molecule has 1 aromatic carbocycles. The normalized spacial score (nSPS) is 15.0. The fourth-order valence-electron chi connectivity index (χ4n) is 2.20. The Kier molecular flexibility index (Phi) is 2.86. The molecule has 1 amide bonds. The Balaban J connectivity index is 1.94. The van der Waals surface area contributed by atoms with Crippen molar-refractivity contribution in [1.82, 2.24) is 4.90 Å². The van der Waals surface area contributed by atoms with Crippen LogP contribution in [0.2, 0.25) is 0 Å². The Morgan fingerprint density at radius 3 is 2.83 bits per heavy atom. The van der Waals surface area contributed by atoms with E-state index in [2.05, 4.69) is 25.1 Å². The lowest BCUT2D eigenvalue weighted by Crippen LogP contribution is -2.27. The molecule has 1 saturated carbocycles. The van der Waals surface area contributed by atoms with Crippen LogP contribution in [0.3, 0.4) is 0 Å². The molecule has 94 valence electrons. The van der Waals surface area contributed by atoms with E-state index in [9.17, 15) is 4.79 Å². The number of fused-ring (bicyclic) bond motifs is 1. The third kappa shape index (κ3) is 2.03. The molecule has 1 aliphatic rings. The molecule has 0 aliphatic heterocycles. The number of thiophene rings is 1. The van der Waals surface area contributed by atoms with Crippen LogP contribution in [0.1, 0.15) is 35.0 Å². The third-order valence-electron chi connectivity index (χ3n) is 3.62. The maximum atomic E-state index is 12.3. The average Bonchev–Trinajstić information content (AvgIpc) is 3.15. The number of hydrogen-bond acceptors (Lipinski definition) is 2. The molecule has 0 saturated heterocycles. The van der Waals surface area contributed by atoms with Crippen LogP contribution in [0.25, 0.3) is 10.1 Å². The van der Waals surface area contributed by atoms with E-state index < -0.39 is 0 Å². The van der Waals surface area contributed by atoms with Crippen molar-refractivity contribution in [2.45, 2.75) is 32.2 Å². The van der Waals surface area contributed by atoms with Crippen LogP contribution in [0, 0.1) is 0 Å². The largest absolute Gasteiger partial charge is 0.338 e. The summed E-state index contributed by atoms with van der Waals surface area (Å²) in [7, 11) is 1.92. The van der Waals surface area contributed by atoms with Crippen molar-refractivity contribution in [3.63, 3.8) is 0 Å². The molecule has 1 fully saturated rings. The maximum Gasteiger partial charge on any atom is 0.263 e. The highest BCUT2D eigenvalue weighted by atomic mass is 32.1. The minimum Gasteiger partial charge on any atom is -0.338 e. The number of carbonyl (C=O) groups excluding carboxylic acids is 1. The van der Waals surface area contributed by atoms with Crippen LogP contribution in [-0.2, 0) is 6.42 Å². The number of rotatable bonds is 3. The maximum absolute atomic E-state index is 12.3. The lowest BCUT2D eigenvalue weighted by Gasteiger charge is -2.14. The summed E-state index contributed by atoms with van der Waals surface area (Å²) in [6, 6.07) is 8.98. The topological polar surface area (TPSA) is 20.3 Å².